The predicted octanol–water partition coefficient (Wildman–Crippen LogP) is 2.60. The average Bonchev–Trinajstić information content (AvgIpc) is 2.26. The maximum Gasteiger partial charge on any atom is 0.337 e. The molecule has 1 aliphatic heterocycles. The number of carbonyl (C=O) groups is 1. The maximum atomic E-state index is 11.2. The molecule has 1 heterocycles. The zero-order chi connectivity index (χ0) is 13.3. The summed E-state index contributed by atoms with van der Waals surface area (Å²) in [7, 11) is -1.69. The van der Waals surface area contributed by atoms with Crippen LogP contribution >= 0.6 is 0 Å². The van der Waals surface area contributed by atoms with E-state index in [1.165, 1.54) is 0 Å². The van der Waals surface area contributed by atoms with Gasteiger partial charge in [0.25, 0.3) is 0 Å². The van der Waals surface area contributed by atoms with Crippen molar-refractivity contribution in [2.45, 2.75) is 32.2 Å². The Bertz CT molecular complexity index is 465. The van der Waals surface area contributed by atoms with Crippen molar-refractivity contribution in [2.24, 2.45) is 0 Å². The van der Waals surface area contributed by atoms with E-state index in [9.17, 15) is 4.79 Å². The lowest BCUT2D eigenvalue weighted by atomic mass is 9.97. The monoisotopic (exact) mass is 266 g/mol. The molecule has 0 aliphatic carbocycles. The first kappa shape index (κ1) is 13.1. The van der Waals surface area contributed by atoms with Gasteiger partial charge >= 0.3 is 5.97 Å². The summed E-state index contributed by atoms with van der Waals surface area (Å²) in [6, 6.07) is 5.56. The SMILES string of the molecule is C[Si](C)(C)Oc1cccc2c1CCOC2C(=O)O. The summed E-state index contributed by atoms with van der Waals surface area (Å²) in [6.07, 6.45) is -0.154. The molecule has 0 fully saturated rings. The fraction of sp³-hybridized carbons (Fsp3) is 0.462. The molecule has 0 radical (unpaired) electrons. The van der Waals surface area contributed by atoms with E-state index in [1.54, 1.807) is 0 Å². The maximum absolute atomic E-state index is 11.2. The number of rotatable bonds is 3. The molecule has 1 aromatic carbocycles. The number of hydrogen-bond donors (Lipinski definition) is 1. The molecular weight excluding hydrogens is 248 g/mol. The van der Waals surface area contributed by atoms with Crippen molar-refractivity contribution in [1.29, 1.82) is 0 Å². The standard InChI is InChI=1S/C13H18O4Si/c1-18(2,3)17-11-6-4-5-10-9(11)7-8-16-12(10)13(14)15/h4-6,12H,7-8H2,1-3H3,(H,14,15). The molecule has 1 N–H and O–H groups in total. The molecule has 0 aromatic heterocycles. The first-order chi connectivity index (χ1) is 8.38. The lowest BCUT2D eigenvalue weighted by Crippen LogP contribution is -2.31. The molecule has 1 unspecified atom stereocenters. The first-order valence-corrected chi connectivity index (χ1v) is 9.44. The number of fused-ring (bicyclic) bond motifs is 1. The first-order valence-electron chi connectivity index (χ1n) is 6.04. The van der Waals surface area contributed by atoms with Gasteiger partial charge in [0.05, 0.1) is 6.61 Å². The van der Waals surface area contributed by atoms with Crippen LogP contribution in [-0.2, 0) is 16.0 Å². The number of carboxylic acids is 1. The van der Waals surface area contributed by atoms with Gasteiger partial charge in [-0.1, -0.05) is 12.1 Å². The van der Waals surface area contributed by atoms with Crippen LogP contribution in [-0.4, -0.2) is 26.0 Å². The zero-order valence-electron chi connectivity index (χ0n) is 10.9. The highest BCUT2D eigenvalue weighted by atomic mass is 28.4. The fourth-order valence-corrected chi connectivity index (χ4v) is 2.95. The van der Waals surface area contributed by atoms with Crippen molar-refractivity contribution in [2.75, 3.05) is 6.61 Å². The van der Waals surface area contributed by atoms with Gasteiger partial charge in [-0.25, -0.2) is 4.79 Å². The van der Waals surface area contributed by atoms with Crippen LogP contribution in [0.5, 0.6) is 5.75 Å². The highest BCUT2D eigenvalue weighted by Gasteiger charge is 2.30. The van der Waals surface area contributed by atoms with Crippen molar-refractivity contribution in [1.82, 2.24) is 0 Å². The smallest absolute Gasteiger partial charge is 0.337 e. The Morgan fingerprint density at radius 2 is 2.17 bits per heavy atom. The van der Waals surface area contributed by atoms with E-state index < -0.39 is 20.4 Å². The minimum absolute atomic E-state index is 0.427. The van der Waals surface area contributed by atoms with Crippen molar-refractivity contribution >= 4 is 14.3 Å². The Balaban J connectivity index is 2.41. The van der Waals surface area contributed by atoms with Crippen LogP contribution < -0.4 is 4.43 Å². The van der Waals surface area contributed by atoms with Gasteiger partial charge in [0.15, 0.2) is 6.10 Å². The highest BCUT2D eigenvalue weighted by Crippen LogP contribution is 2.34. The number of ether oxygens (including phenoxy) is 1. The van der Waals surface area contributed by atoms with Crippen LogP contribution in [0.15, 0.2) is 18.2 Å². The van der Waals surface area contributed by atoms with Gasteiger partial charge in [-0.2, -0.15) is 0 Å². The normalized spacial score (nSPS) is 19.2. The van der Waals surface area contributed by atoms with E-state index in [4.69, 9.17) is 14.3 Å². The third-order valence-corrected chi connectivity index (χ3v) is 3.56. The van der Waals surface area contributed by atoms with E-state index >= 15 is 0 Å². The van der Waals surface area contributed by atoms with E-state index in [0.717, 1.165) is 16.9 Å². The summed E-state index contributed by atoms with van der Waals surface area (Å²) >= 11 is 0. The molecule has 98 valence electrons. The summed E-state index contributed by atoms with van der Waals surface area (Å²) in [5.74, 6) is -0.123. The van der Waals surface area contributed by atoms with Gasteiger partial charge in [0.1, 0.15) is 5.75 Å². The molecule has 5 heteroatoms. The van der Waals surface area contributed by atoms with Gasteiger partial charge in [-0.15, -0.1) is 0 Å². The lowest BCUT2D eigenvalue weighted by molar-refractivity contribution is -0.151. The zero-order valence-corrected chi connectivity index (χ0v) is 11.9. The minimum atomic E-state index is -1.69. The van der Waals surface area contributed by atoms with Crippen LogP contribution in [0.2, 0.25) is 19.6 Å². The van der Waals surface area contributed by atoms with Gasteiger partial charge in [0.2, 0.25) is 8.32 Å². The van der Waals surface area contributed by atoms with Gasteiger partial charge in [0, 0.05) is 5.56 Å². The van der Waals surface area contributed by atoms with Crippen molar-refractivity contribution in [3.8, 4) is 5.75 Å². The Morgan fingerprint density at radius 1 is 1.44 bits per heavy atom. The molecule has 18 heavy (non-hydrogen) atoms. The molecule has 0 amide bonds. The second kappa shape index (κ2) is 4.74. The molecule has 1 aliphatic rings. The van der Waals surface area contributed by atoms with Crippen LogP contribution in [0, 0.1) is 0 Å². The molecule has 1 atom stereocenters. The largest absolute Gasteiger partial charge is 0.544 e. The van der Waals surface area contributed by atoms with E-state index in [0.29, 0.717) is 13.0 Å². The Labute approximate surface area is 108 Å². The fourth-order valence-electron chi connectivity index (χ4n) is 2.09. The molecular formula is C13H18O4Si. The lowest BCUT2D eigenvalue weighted by Gasteiger charge is -2.28. The van der Waals surface area contributed by atoms with Crippen molar-refractivity contribution in [3.63, 3.8) is 0 Å². The number of carboxylic acid groups (broad SMARTS) is 1. The van der Waals surface area contributed by atoms with E-state index in [2.05, 4.69) is 19.6 Å². The molecule has 1 aromatic rings. The Morgan fingerprint density at radius 3 is 2.78 bits per heavy atom. The van der Waals surface area contributed by atoms with Gasteiger partial charge < -0.3 is 14.3 Å². The second-order valence-corrected chi connectivity index (χ2v) is 9.81. The third-order valence-electron chi connectivity index (χ3n) is 2.73. The number of hydrogen-bond acceptors (Lipinski definition) is 3. The molecule has 4 nitrogen and oxygen atoms in total. The topological polar surface area (TPSA) is 55.8 Å². The summed E-state index contributed by atoms with van der Waals surface area (Å²) < 4.78 is 11.3. The van der Waals surface area contributed by atoms with Gasteiger partial charge in [-0.3, -0.25) is 0 Å². The van der Waals surface area contributed by atoms with Crippen molar-refractivity contribution < 1.29 is 19.1 Å². The molecule has 0 saturated carbocycles. The molecule has 2 rings (SSSR count). The quantitative estimate of drug-likeness (QED) is 0.854. The summed E-state index contributed by atoms with van der Waals surface area (Å²) in [4.78, 5) is 11.2. The predicted molar refractivity (Wildman–Crippen MR) is 70.4 cm³/mol. The third kappa shape index (κ3) is 2.73. The van der Waals surface area contributed by atoms with Crippen LogP contribution in [0.4, 0.5) is 0 Å². The second-order valence-electron chi connectivity index (χ2n) is 5.38. The molecule has 0 saturated heterocycles. The van der Waals surface area contributed by atoms with Crippen LogP contribution in [0.3, 0.4) is 0 Å². The Hall–Kier alpha value is -1.33. The summed E-state index contributed by atoms with van der Waals surface area (Å²) in [5.41, 5.74) is 1.71. The van der Waals surface area contributed by atoms with Crippen LogP contribution in [0.1, 0.15) is 17.2 Å². The molecule has 0 bridgehead atoms. The van der Waals surface area contributed by atoms with Gasteiger partial charge in [-0.05, 0) is 37.7 Å². The average molecular weight is 266 g/mol. The highest BCUT2D eigenvalue weighted by molar-refractivity contribution is 6.70. The van der Waals surface area contributed by atoms with Crippen LogP contribution in [0.25, 0.3) is 0 Å². The van der Waals surface area contributed by atoms with E-state index in [1.807, 2.05) is 18.2 Å². The molecule has 0 spiro atoms. The van der Waals surface area contributed by atoms with Crippen molar-refractivity contribution in [3.05, 3.63) is 29.3 Å². The number of benzene rings is 1. The summed E-state index contributed by atoms with van der Waals surface area (Å²) in [6.45, 7) is 6.76. The minimum Gasteiger partial charge on any atom is -0.544 e. The Kier molecular flexibility index (Phi) is 3.45. The van der Waals surface area contributed by atoms with E-state index in [-0.39, 0.29) is 0 Å². The number of aliphatic carboxylic acids is 1. The summed E-state index contributed by atoms with van der Waals surface area (Å²) in [5, 5.41) is 9.15.